The van der Waals surface area contributed by atoms with Gasteiger partial charge in [0.15, 0.2) is 0 Å². The molecular formula is C12H13BrN2O3S. The number of hydrogen-bond donors (Lipinski definition) is 1. The molecule has 2 unspecified atom stereocenters. The monoisotopic (exact) mass is 344 g/mol. The third kappa shape index (κ3) is 1.91. The van der Waals surface area contributed by atoms with Gasteiger partial charge in [0.1, 0.15) is 0 Å². The van der Waals surface area contributed by atoms with E-state index in [1.54, 1.807) is 12.1 Å². The molecule has 19 heavy (non-hydrogen) atoms. The number of halogens is 1. The van der Waals surface area contributed by atoms with Crippen molar-refractivity contribution in [2.45, 2.75) is 30.3 Å². The average molecular weight is 345 g/mol. The van der Waals surface area contributed by atoms with Crippen LogP contribution < -0.4 is 5.32 Å². The Labute approximate surface area is 120 Å². The molecule has 102 valence electrons. The molecule has 1 amide bonds. The zero-order chi connectivity index (χ0) is 13.8. The SMILES string of the molecule is CC1c2cc(Br)ccc2S(=O)(=O)N1C1CNC(=O)C1. The minimum atomic E-state index is -3.50. The van der Waals surface area contributed by atoms with Crippen molar-refractivity contribution in [1.29, 1.82) is 0 Å². The highest BCUT2D eigenvalue weighted by molar-refractivity contribution is 9.10. The Bertz CT molecular complexity index is 659. The van der Waals surface area contributed by atoms with Crippen molar-refractivity contribution in [3.63, 3.8) is 0 Å². The lowest BCUT2D eigenvalue weighted by Gasteiger charge is -2.25. The Hall–Kier alpha value is -0.920. The Morgan fingerprint density at radius 3 is 2.79 bits per heavy atom. The number of hydrogen-bond acceptors (Lipinski definition) is 3. The first-order valence-electron chi connectivity index (χ1n) is 6.01. The van der Waals surface area contributed by atoms with Crippen LogP contribution in [-0.4, -0.2) is 31.2 Å². The summed E-state index contributed by atoms with van der Waals surface area (Å²) in [6, 6.07) is 4.65. The van der Waals surface area contributed by atoms with E-state index in [9.17, 15) is 13.2 Å². The van der Waals surface area contributed by atoms with Gasteiger partial charge in [0.25, 0.3) is 0 Å². The van der Waals surface area contributed by atoms with Crippen molar-refractivity contribution in [2.24, 2.45) is 0 Å². The van der Waals surface area contributed by atoms with E-state index in [1.165, 1.54) is 4.31 Å². The number of amides is 1. The maximum absolute atomic E-state index is 12.6. The van der Waals surface area contributed by atoms with Gasteiger partial charge < -0.3 is 5.32 Å². The normalized spacial score (nSPS) is 29.3. The lowest BCUT2D eigenvalue weighted by atomic mass is 10.1. The lowest BCUT2D eigenvalue weighted by Crippen LogP contribution is -2.38. The van der Waals surface area contributed by atoms with Gasteiger partial charge in [-0.2, -0.15) is 4.31 Å². The molecule has 0 spiro atoms. The van der Waals surface area contributed by atoms with Crippen LogP contribution in [0.25, 0.3) is 0 Å². The second-order valence-corrected chi connectivity index (χ2v) is 7.58. The number of benzene rings is 1. The maximum atomic E-state index is 12.6. The largest absolute Gasteiger partial charge is 0.354 e. The summed E-state index contributed by atoms with van der Waals surface area (Å²) < 4.78 is 27.5. The van der Waals surface area contributed by atoms with Crippen molar-refractivity contribution in [3.05, 3.63) is 28.2 Å². The zero-order valence-electron chi connectivity index (χ0n) is 10.3. The summed E-state index contributed by atoms with van der Waals surface area (Å²) in [5, 5.41) is 2.69. The Morgan fingerprint density at radius 2 is 2.16 bits per heavy atom. The number of fused-ring (bicyclic) bond motifs is 1. The van der Waals surface area contributed by atoms with Gasteiger partial charge in [0.2, 0.25) is 15.9 Å². The van der Waals surface area contributed by atoms with Crippen molar-refractivity contribution in [1.82, 2.24) is 9.62 Å². The molecule has 2 aliphatic heterocycles. The van der Waals surface area contributed by atoms with Gasteiger partial charge >= 0.3 is 0 Å². The summed E-state index contributed by atoms with van der Waals surface area (Å²) in [4.78, 5) is 11.7. The number of sulfonamides is 1. The van der Waals surface area contributed by atoms with Crippen molar-refractivity contribution in [2.75, 3.05) is 6.54 Å². The van der Waals surface area contributed by atoms with Crippen LogP contribution in [0.3, 0.4) is 0 Å². The maximum Gasteiger partial charge on any atom is 0.244 e. The van der Waals surface area contributed by atoms with Crippen LogP contribution in [0.5, 0.6) is 0 Å². The first-order chi connectivity index (χ1) is 8.91. The molecule has 1 saturated heterocycles. The van der Waals surface area contributed by atoms with Gasteiger partial charge in [-0.05, 0) is 30.7 Å². The number of rotatable bonds is 1. The first kappa shape index (κ1) is 13.1. The van der Waals surface area contributed by atoms with Gasteiger partial charge in [0, 0.05) is 23.5 Å². The summed E-state index contributed by atoms with van der Waals surface area (Å²) in [6.07, 6.45) is 0.235. The molecule has 0 aromatic heterocycles. The Balaban J connectivity index is 2.08. The van der Waals surface area contributed by atoms with Crippen LogP contribution in [0.4, 0.5) is 0 Å². The van der Waals surface area contributed by atoms with Crippen LogP contribution in [0.2, 0.25) is 0 Å². The van der Waals surface area contributed by atoms with E-state index in [0.717, 1.165) is 10.0 Å². The fourth-order valence-electron chi connectivity index (χ4n) is 2.82. The minimum Gasteiger partial charge on any atom is -0.354 e. The van der Waals surface area contributed by atoms with Gasteiger partial charge in [-0.15, -0.1) is 0 Å². The third-order valence-corrected chi connectivity index (χ3v) is 6.27. The highest BCUT2D eigenvalue weighted by Gasteiger charge is 2.46. The van der Waals surface area contributed by atoms with Crippen molar-refractivity contribution in [3.8, 4) is 0 Å². The molecule has 5 nitrogen and oxygen atoms in total. The molecule has 0 saturated carbocycles. The molecular weight excluding hydrogens is 332 g/mol. The van der Waals surface area contributed by atoms with E-state index >= 15 is 0 Å². The molecule has 7 heteroatoms. The third-order valence-electron chi connectivity index (χ3n) is 3.67. The molecule has 1 aromatic rings. The molecule has 2 atom stereocenters. The van der Waals surface area contributed by atoms with E-state index < -0.39 is 10.0 Å². The Kier molecular flexibility index (Phi) is 2.95. The van der Waals surface area contributed by atoms with E-state index in [0.29, 0.717) is 11.4 Å². The standard InChI is InChI=1S/C12H13BrN2O3S/c1-7-10-4-8(13)2-3-11(10)19(17,18)15(7)9-5-12(16)14-6-9/h2-4,7,9H,5-6H2,1H3,(H,14,16). The predicted molar refractivity (Wildman–Crippen MR) is 73.0 cm³/mol. The lowest BCUT2D eigenvalue weighted by molar-refractivity contribution is -0.119. The summed E-state index contributed by atoms with van der Waals surface area (Å²) in [5.74, 6) is -0.0930. The summed E-state index contributed by atoms with van der Waals surface area (Å²) in [6.45, 7) is 2.25. The molecule has 0 radical (unpaired) electrons. The average Bonchev–Trinajstić information content (AvgIpc) is 2.81. The van der Waals surface area contributed by atoms with E-state index in [2.05, 4.69) is 21.2 Å². The molecule has 1 fully saturated rings. The fourth-order valence-corrected chi connectivity index (χ4v) is 5.27. The zero-order valence-corrected chi connectivity index (χ0v) is 12.7. The highest BCUT2D eigenvalue weighted by Crippen LogP contribution is 2.42. The number of nitrogens with zero attached hydrogens (tertiary/aromatic N) is 1. The van der Waals surface area contributed by atoms with E-state index in [1.807, 2.05) is 13.0 Å². The quantitative estimate of drug-likeness (QED) is 0.837. The van der Waals surface area contributed by atoms with Crippen LogP contribution >= 0.6 is 15.9 Å². The van der Waals surface area contributed by atoms with Gasteiger partial charge in [-0.3, -0.25) is 4.79 Å². The Morgan fingerprint density at radius 1 is 1.42 bits per heavy atom. The minimum absolute atomic E-state index is 0.0930. The molecule has 0 aliphatic carbocycles. The van der Waals surface area contributed by atoms with Crippen LogP contribution in [0.1, 0.15) is 24.9 Å². The number of carbonyl (C=O) groups excluding carboxylic acids is 1. The summed E-state index contributed by atoms with van der Waals surface area (Å²) in [7, 11) is -3.50. The van der Waals surface area contributed by atoms with Crippen LogP contribution in [-0.2, 0) is 14.8 Å². The van der Waals surface area contributed by atoms with Crippen molar-refractivity contribution < 1.29 is 13.2 Å². The van der Waals surface area contributed by atoms with E-state index in [4.69, 9.17) is 0 Å². The highest BCUT2D eigenvalue weighted by atomic mass is 79.9. The second kappa shape index (κ2) is 4.29. The molecule has 3 rings (SSSR count). The van der Waals surface area contributed by atoms with Gasteiger partial charge in [-0.1, -0.05) is 15.9 Å². The number of nitrogens with one attached hydrogen (secondary N) is 1. The topological polar surface area (TPSA) is 66.5 Å². The smallest absolute Gasteiger partial charge is 0.244 e. The second-order valence-electron chi connectivity index (χ2n) is 4.86. The molecule has 0 bridgehead atoms. The summed E-state index contributed by atoms with van der Waals surface area (Å²) >= 11 is 3.36. The van der Waals surface area contributed by atoms with Crippen LogP contribution in [0, 0.1) is 0 Å². The molecule has 1 aromatic carbocycles. The number of carbonyl (C=O) groups is 1. The first-order valence-corrected chi connectivity index (χ1v) is 8.24. The van der Waals surface area contributed by atoms with Gasteiger partial charge in [-0.25, -0.2) is 8.42 Å². The van der Waals surface area contributed by atoms with Crippen molar-refractivity contribution >= 4 is 31.9 Å². The molecule has 1 N–H and O–H groups in total. The van der Waals surface area contributed by atoms with Gasteiger partial charge in [0.05, 0.1) is 10.9 Å². The van der Waals surface area contributed by atoms with E-state index in [-0.39, 0.29) is 24.4 Å². The molecule has 2 aliphatic rings. The predicted octanol–water partition coefficient (Wildman–Crippen LogP) is 1.40. The summed E-state index contributed by atoms with van der Waals surface area (Å²) in [5.41, 5.74) is 0.786. The molecule has 2 heterocycles. The fraction of sp³-hybridized carbons (Fsp3) is 0.417. The van der Waals surface area contributed by atoms with Crippen LogP contribution in [0.15, 0.2) is 27.6 Å².